The van der Waals surface area contributed by atoms with Gasteiger partial charge in [0.05, 0.1) is 82.4 Å². The van der Waals surface area contributed by atoms with E-state index in [2.05, 4.69) is 38.5 Å². The molecule has 5 amide bonds. The van der Waals surface area contributed by atoms with Crippen molar-refractivity contribution in [1.29, 1.82) is 0 Å². The molecule has 1 unspecified atom stereocenters. The normalized spacial score (nSPS) is 17.8. The van der Waals surface area contributed by atoms with Crippen molar-refractivity contribution < 1.29 is 66.6 Å². The van der Waals surface area contributed by atoms with Crippen LogP contribution in [-0.2, 0) is 63.1 Å². The van der Waals surface area contributed by atoms with Crippen LogP contribution in [0.1, 0.15) is 78.3 Å². The van der Waals surface area contributed by atoms with E-state index < -0.39 is 98.7 Å². The van der Waals surface area contributed by atoms with E-state index in [0.717, 1.165) is 0 Å². The van der Waals surface area contributed by atoms with Crippen LogP contribution in [0.25, 0.3) is 0 Å². The first-order valence-electron chi connectivity index (χ1n) is 21.1. The molecule has 1 aromatic rings. The molecule has 0 spiro atoms. The van der Waals surface area contributed by atoms with Crippen molar-refractivity contribution in [1.82, 2.24) is 30.8 Å². The van der Waals surface area contributed by atoms with Gasteiger partial charge in [-0.25, -0.2) is 9.55 Å². The van der Waals surface area contributed by atoms with Crippen LogP contribution in [0.3, 0.4) is 0 Å². The van der Waals surface area contributed by atoms with Crippen molar-refractivity contribution in [2.75, 3.05) is 58.5 Å². The van der Waals surface area contributed by atoms with Gasteiger partial charge in [0.1, 0.15) is 12.1 Å². The molecule has 63 heavy (non-hydrogen) atoms. The second kappa shape index (κ2) is 28.9. The van der Waals surface area contributed by atoms with Crippen molar-refractivity contribution in [3.63, 3.8) is 0 Å². The van der Waals surface area contributed by atoms with Gasteiger partial charge in [0.25, 0.3) is 0 Å². The van der Waals surface area contributed by atoms with Crippen LogP contribution >= 0.6 is 20.5 Å². The predicted molar refractivity (Wildman–Crippen MR) is 231 cm³/mol. The zero-order valence-electron chi connectivity index (χ0n) is 36.5. The molecule has 0 saturated carbocycles. The Morgan fingerprint density at radius 1 is 1.00 bits per heavy atom. The highest BCUT2D eigenvalue weighted by Gasteiger charge is 2.38. The summed E-state index contributed by atoms with van der Waals surface area (Å²) in [7, 11) is -4.61. The Morgan fingerprint density at radius 2 is 1.68 bits per heavy atom. The van der Waals surface area contributed by atoms with Gasteiger partial charge in [-0.3, -0.25) is 42.6 Å². The fourth-order valence-electron chi connectivity index (χ4n) is 6.63. The molecule has 22 nitrogen and oxygen atoms in total. The topological polar surface area (TPSA) is 334 Å². The Hall–Kier alpha value is -3.80. The van der Waals surface area contributed by atoms with Gasteiger partial charge in [-0.1, -0.05) is 20.8 Å². The average molecular weight is 935 g/mol. The number of rotatable bonds is 33. The van der Waals surface area contributed by atoms with Crippen molar-refractivity contribution in [3.05, 3.63) is 18.2 Å². The molecule has 1 aliphatic rings. The quantitative estimate of drug-likeness (QED) is 0.0239. The minimum Gasteiger partial charge on any atom is -0.394 e. The highest BCUT2D eigenvalue weighted by atomic mass is 32.1. The number of aliphatic hydroxyl groups is 1. The number of nitrogens with zero attached hydrogens (tertiary/aromatic N) is 2. The van der Waals surface area contributed by atoms with Gasteiger partial charge in [-0.2, -0.15) is 12.6 Å². The number of hydrogen-bond donors (Lipinski definition) is 9. The van der Waals surface area contributed by atoms with E-state index in [1.807, 2.05) is 13.8 Å². The van der Waals surface area contributed by atoms with Crippen LogP contribution in [0.4, 0.5) is 0 Å². The summed E-state index contributed by atoms with van der Waals surface area (Å²) in [5.74, 6) is -6.74. The van der Waals surface area contributed by atoms with Crippen LogP contribution in [0.2, 0.25) is 0 Å². The number of Topliss-reactive ketones (excluding diaryl/α,β-unsaturated/α-hetero) is 2. The molecule has 10 N–H and O–H groups in total. The van der Waals surface area contributed by atoms with E-state index in [-0.39, 0.29) is 82.3 Å². The summed E-state index contributed by atoms with van der Waals surface area (Å²) in [5, 5.41) is 18.1. The number of carbonyl (C=O) groups excluding carboxylic acids is 7. The number of thiol groups is 1. The number of nitrogens with two attached hydrogens (primary N) is 2. The van der Waals surface area contributed by atoms with Crippen molar-refractivity contribution in [2.45, 2.75) is 109 Å². The molecule has 24 heteroatoms. The number of imidazole rings is 1. The maximum Gasteiger partial charge on any atom is 0.472 e. The van der Waals surface area contributed by atoms with Gasteiger partial charge in [0, 0.05) is 50.0 Å². The maximum absolute atomic E-state index is 14.0. The molecule has 1 aliphatic heterocycles. The van der Waals surface area contributed by atoms with Crippen LogP contribution < -0.4 is 27.4 Å². The first kappa shape index (κ1) is 55.3. The molecule has 8 atom stereocenters. The third-order valence-electron chi connectivity index (χ3n) is 10.0. The van der Waals surface area contributed by atoms with Crippen LogP contribution in [0.5, 0.6) is 0 Å². The summed E-state index contributed by atoms with van der Waals surface area (Å²) in [6.07, 6.45) is 1.90. The summed E-state index contributed by atoms with van der Waals surface area (Å²) in [6.45, 7) is 7.02. The first-order chi connectivity index (χ1) is 29.8. The number of amides is 5. The van der Waals surface area contributed by atoms with Crippen LogP contribution in [0.15, 0.2) is 12.5 Å². The molecule has 0 radical (unpaired) electrons. The molecule has 0 aliphatic carbocycles. The van der Waals surface area contributed by atoms with Crippen LogP contribution in [-0.4, -0.2) is 155 Å². The van der Waals surface area contributed by atoms with Gasteiger partial charge < -0.3 is 56.8 Å². The summed E-state index contributed by atoms with van der Waals surface area (Å²) in [6, 6.07) is -4.14. The van der Waals surface area contributed by atoms with Crippen LogP contribution in [0, 0.1) is 17.8 Å². The number of hydrogen-bond acceptors (Lipinski definition) is 16. The lowest BCUT2D eigenvalue weighted by Gasteiger charge is -2.28. The number of carbonyl (C=O) groups is 7. The lowest BCUT2D eigenvalue weighted by atomic mass is 9.89. The number of primary amides is 1. The van der Waals surface area contributed by atoms with E-state index in [9.17, 15) is 48.1 Å². The number of nitrogens with one attached hydrogen (secondary N) is 4. The number of phosphoric acid groups is 1. The number of phosphoric ester groups is 1. The third kappa shape index (κ3) is 20.3. The standard InChI is InChI=1S/C39H67N8O14PS/c1-5-11-60-62(56,57)61-25(4)28(36(41)52)19-34(50)31(21-48)46-37(53)26(17-27-20-42-23-44-27)18-33(49)30(16-24(2)3)45-39(55)32-7-6-10-47(32)35(51)8-12-58-14-15-59-13-9-43-38(54)29(40)22-63/h20,23-26,28-32,48,63H,5-19,21-22,40H2,1-4H3,(H2,41,52)(H,42,44)(H,43,54)(H,45,55)(H,46,53)(H,56,57)/t25-,26-,28+,29+,30+,31+,32+/m1/s1. The van der Waals surface area contributed by atoms with E-state index >= 15 is 0 Å². The second-order valence-corrected chi connectivity index (χ2v) is 17.4. The second-order valence-electron chi connectivity index (χ2n) is 15.7. The summed E-state index contributed by atoms with van der Waals surface area (Å²) < 4.78 is 33.1. The number of aliphatic hydroxyl groups excluding tert-OH is 1. The summed E-state index contributed by atoms with van der Waals surface area (Å²) in [4.78, 5) is 110. The minimum absolute atomic E-state index is 0.00622. The van der Waals surface area contributed by atoms with E-state index in [1.54, 1.807) is 6.92 Å². The molecule has 0 bridgehead atoms. The number of aromatic amines is 1. The Balaban J connectivity index is 2.06. The maximum atomic E-state index is 14.0. The third-order valence-corrected chi connectivity index (χ3v) is 11.5. The Bertz CT molecular complexity index is 1670. The molecule has 1 saturated heterocycles. The van der Waals surface area contributed by atoms with E-state index in [4.69, 9.17) is 30.0 Å². The number of ketones is 2. The predicted octanol–water partition coefficient (Wildman–Crippen LogP) is -0.684. The summed E-state index contributed by atoms with van der Waals surface area (Å²) >= 11 is 3.98. The van der Waals surface area contributed by atoms with E-state index in [0.29, 0.717) is 31.5 Å². The molecule has 2 heterocycles. The van der Waals surface area contributed by atoms with Gasteiger partial charge in [0.15, 0.2) is 11.6 Å². The molecular formula is C39H67N8O14PS. The lowest BCUT2D eigenvalue weighted by Crippen LogP contribution is -2.52. The largest absolute Gasteiger partial charge is 0.472 e. The Kier molecular flexibility index (Phi) is 25.4. The van der Waals surface area contributed by atoms with Gasteiger partial charge >= 0.3 is 7.82 Å². The van der Waals surface area contributed by atoms with E-state index in [1.165, 1.54) is 24.3 Å². The number of aromatic nitrogens is 2. The molecule has 1 aromatic heterocycles. The minimum atomic E-state index is -4.61. The Morgan fingerprint density at radius 3 is 2.29 bits per heavy atom. The van der Waals surface area contributed by atoms with Crippen molar-refractivity contribution in [3.8, 4) is 0 Å². The Labute approximate surface area is 373 Å². The SMILES string of the molecule is CCCOP(=O)(O)O[C@H](C)[C@H](CC(=O)[C@H](CO)NC(=O)[C@@H](CC(=O)[C@H](CC(C)C)NC(=O)[C@@H]1CCCN1C(=O)CCOCCOCCNC(=O)[C@@H](N)CS)Cc1cnc[nH]1)C(N)=O. The summed E-state index contributed by atoms with van der Waals surface area (Å²) in [5.41, 5.74) is 11.6. The van der Waals surface area contributed by atoms with Gasteiger partial charge in [-0.15, -0.1) is 0 Å². The smallest absolute Gasteiger partial charge is 0.394 e. The van der Waals surface area contributed by atoms with Crippen molar-refractivity contribution in [2.24, 2.45) is 29.2 Å². The molecular weight excluding hydrogens is 868 g/mol. The zero-order valence-corrected chi connectivity index (χ0v) is 38.3. The number of H-pyrrole nitrogens is 1. The monoisotopic (exact) mass is 934 g/mol. The van der Waals surface area contributed by atoms with Crippen molar-refractivity contribution >= 4 is 61.6 Å². The molecule has 0 aromatic carbocycles. The number of likely N-dealkylation sites (tertiary alicyclic amines) is 1. The zero-order chi connectivity index (χ0) is 47.1. The fourth-order valence-corrected chi connectivity index (χ4v) is 7.84. The molecule has 358 valence electrons. The van der Waals surface area contributed by atoms with Gasteiger partial charge in [0.2, 0.25) is 29.5 Å². The first-order valence-corrected chi connectivity index (χ1v) is 23.2. The average Bonchev–Trinajstić information content (AvgIpc) is 3.95. The van der Waals surface area contributed by atoms with Gasteiger partial charge in [-0.05, 0) is 38.5 Å². The molecule has 2 rings (SSSR count). The molecule has 1 fully saturated rings. The lowest BCUT2D eigenvalue weighted by molar-refractivity contribution is -0.140. The highest BCUT2D eigenvalue weighted by Crippen LogP contribution is 2.46. The highest BCUT2D eigenvalue weighted by molar-refractivity contribution is 7.80. The number of ether oxygens (including phenoxy) is 2. The fraction of sp³-hybridized carbons (Fsp3) is 0.744.